The van der Waals surface area contributed by atoms with Crippen molar-refractivity contribution >= 4 is 28.5 Å². The van der Waals surface area contributed by atoms with Crippen molar-refractivity contribution in [3.63, 3.8) is 0 Å². The number of benzene rings is 1. The molecule has 1 aliphatic heterocycles. The van der Waals surface area contributed by atoms with Gasteiger partial charge in [-0.15, -0.1) is 0 Å². The number of pyridine rings is 1. The third kappa shape index (κ3) is 3.42. The summed E-state index contributed by atoms with van der Waals surface area (Å²) in [6.07, 6.45) is 6.63. The lowest BCUT2D eigenvalue weighted by Crippen LogP contribution is -2.64. The van der Waals surface area contributed by atoms with Crippen LogP contribution in [0.1, 0.15) is 32.1 Å². The maximum Gasteiger partial charge on any atom is 0.321 e. The van der Waals surface area contributed by atoms with E-state index in [0.717, 1.165) is 43.0 Å². The first-order valence-electron chi connectivity index (χ1n) is 10.0. The fourth-order valence-electron chi connectivity index (χ4n) is 4.59. The van der Waals surface area contributed by atoms with Gasteiger partial charge in [0.05, 0.1) is 11.2 Å². The molecule has 1 aromatic carbocycles. The van der Waals surface area contributed by atoms with E-state index in [0.29, 0.717) is 31.9 Å². The average Bonchev–Trinajstić information content (AvgIpc) is 2.74. The van der Waals surface area contributed by atoms with E-state index >= 15 is 0 Å². The number of carbonyl (C=O) groups is 2. The van der Waals surface area contributed by atoms with Crippen LogP contribution in [0, 0.1) is 0 Å². The van der Waals surface area contributed by atoms with E-state index in [4.69, 9.17) is 5.73 Å². The Kier molecular flexibility index (Phi) is 5.17. The molecular weight excluding hydrogens is 354 g/mol. The third-order valence-corrected chi connectivity index (χ3v) is 6.19. The Balaban J connectivity index is 1.42. The number of hydrogen-bond donors (Lipinski definition) is 2. The lowest BCUT2D eigenvalue weighted by Gasteiger charge is -2.47. The van der Waals surface area contributed by atoms with Gasteiger partial charge in [-0.2, -0.15) is 0 Å². The van der Waals surface area contributed by atoms with Crippen molar-refractivity contribution in [1.82, 2.24) is 14.8 Å². The predicted molar refractivity (Wildman–Crippen MR) is 109 cm³/mol. The maximum atomic E-state index is 12.8. The molecule has 148 valence electrons. The largest absolute Gasteiger partial charge is 0.368 e. The number of para-hydroxylation sites is 1. The van der Waals surface area contributed by atoms with E-state index in [1.54, 1.807) is 11.1 Å². The van der Waals surface area contributed by atoms with Crippen molar-refractivity contribution in [2.75, 3.05) is 31.5 Å². The molecule has 7 heteroatoms. The molecule has 1 saturated carbocycles. The van der Waals surface area contributed by atoms with Gasteiger partial charge in [0.25, 0.3) is 0 Å². The highest BCUT2D eigenvalue weighted by Gasteiger charge is 2.44. The quantitative estimate of drug-likeness (QED) is 0.855. The molecule has 1 aromatic heterocycles. The summed E-state index contributed by atoms with van der Waals surface area (Å²) in [5.41, 5.74) is 6.77. The molecule has 0 spiro atoms. The number of anilines is 1. The topological polar surface area (TPSA) is 91.6 Å². The zero-order valence-electron chi connectivity index (χ0n) is 16.1. The summed E-state index contributed by atoms with van der Waals surface area (Å²) < 4.78 is 0. The van der Waals surface area contributed by atoms with E-state index in [-0.39, 0.29) is 11.9 Å². The first-order chi connectivity index (χ1) is 13.6. The van der Waals surface area contributed by atoms with Crippen LogP contribution in [0.4, 0.5) is 10.5 Å². The van der Waals surface area contributed by atoms with Gasteiger partial charge in [-0.25, -0.2) is 4.79 Å². The lowest BCUT2D eigenvalue weighted by atomic mass is 9.79. The second-order valence-electron chi connectivity index (χ2n) is 7.74. The summed E-state index contributed by atoms with van der Waals surface area (Å²) in [4.78, 5) is 33.4. The van der Waals surface area contributed by atoms with Crippen LogP contribution in [0.2, 0.25) is 0 Å². The molecule has 1 aliphatic carbocycles. The van der Waals surface area contributed by atoms with Gasteiger partial charge in [0.2, 0.25) is 5.91 Å². The number of nitrogens with one attached hydrogen (secondary N) is 1. The van der Waals surface area contributed by atoms with E-state index < -0.39 is 5.54 Å². The Bertz CT molecular complexity index is 865. The highest BCUT2D eigenvalue weighted by Crippen LogP contribution is 2.34. The Morgan fingerprint density at radius 1 is 1.00 bits per heavy atom. The number of primary amides is 1. The van der Waals surface area contributed by atoms with Crippen LogP contribution >= 0.6 is 0 Å². The minimum atomic E-state index is -0.527. The van der Waals surface area contributed by atoms with Crippen LogP contribution in [-0.2, 0) is 4.79 Å². The monoisotopic (exact) mass is 381 g/mol. The molecular formula is C21H27N5O2. The fourth-order valence-corrected chi connectivity index (χ4v) is 4.59. The van der Waals surface area contributed by atoms with Crippen molar-refractivity contribution in [3.05, 3.63) is 36.5 Å². The molecule has 0 radical (unpaired) electrons. The van der Waals surface area contributed by atoms with Crippen LogP contribution in [0.5, 0.6) is 0 Å². The molecule has 2 fully saturated rings. The van der Waals surface area contributed by atoms with Gasteiger partial charge in [-0.05, 0) is 25.0 Å². The maximum absolute atomic E-state index is 12.8. The smallest absolute Gasteiger partial charge is 0.321 e. The SMILES string of the molecule is NC(=O)C1(N2CCN(C(=O)Nc3cccc4cccnc34)CC2)CCCCC1. The van der Waals surface area contributed by atoms with Gasteiger partial charge in [0.15, 0.2) is 0 Å². The van der Waals surface area contributed by atoms with Gasteiger partial charge in [-0.1, -0.05) is 37.5 Å². The number of aromatic nitrogens is 1. The zero-order chi connectivity index (χ0) is 19.6. The van der Waals surface area contributed by atoms with Crippen molar-refractivity contribution in [3.8, 4) is 0 Å². The standard InChI is InChI=1S/C21H27N5O2/c22-19(27)21(9-2-1-3-10-21)26-14-12-25(13-15-26)20(28)24-17-8-4-6-16-7-5-11-23-18(16)17/h4-8,11H,1-3,9-10,12-15H2,(H2,22,27)(H,24,28). The number of fused-ring (bicyclic) bond motifs is 1. The molecule has 3 amide bonds. The average molecular weight is 381 g/mol. The number of nitrogens with two attached hydrogens (primary N) is 1. The van der Waals surface area contributed by atoms with Crippen LogP contribution in [0.25, 0.3) is 10.9 Å². The highest BCUT2D eigenvalue weighted by atomic mass is 16.2. The van der Waals surface area contributed by atoms with Crippen molar-refractivity contribution in [2.45, 2.75) is 37.6 Å². The molecule has 1 saturated heterocycles. The molecule has 2 aromatic rings. The van der Waals surface area contributed by atoms with Gasteiger partial charge >= 0.3 is 6.03 Å². The minimum Gasteiger partial charge on any atom is -0.368 e. The molecule has 0 bridgehead atoms. The number of hydrogen-bond acceptors (Lipinski definition) is 4. The van der Waals surface area contributed by atoms with Gasteiger partial charge in [-0.3, -0.25) is 14.7 Å². The Hall–Kier alpha value is -2.67. The number of piperazine rings is 1. The second kappa shape index (κ2) is 7.75. The molecule has 7 nitrogen and oxygen atoms in total. The Morgan fingerprint density at radius 3 is 2.43 bits per heavy atom. The molecule has 4 rings (SSSR count). The lowest BCUT2D eigenvalue weighted by molar-refractivity contribution is -0.134. The summed E-state index contributed by atoms with van der Waals surface area (Å²) in [6, 6.07) is 9.49. The van der Waals surface area contributed by atoms with Crippen molar-refractivity contribution in [1.29, 1.82) is 0 Å². The minimum absolute atomic E-state index is 0.130. The predicted octanol–water partition coefficient (Wildman–Crippen LogP) is 2.57. The molecule has 2 aliphatic rings. The van der Waals surface area contributed by atoms with Gasteiger partial charge in [0.1, 0.15) is 5.54 Å². The third-order valence-electron chi connectivity index (χ3n) is 6.19. The molecule has 0 atom stereocenters. The summed E-state index contributed by atoms with van der Waals surface area (Å²) in [5.74, 6) is -0.216. The molecule has 28 heavy (non-hydrogen) atoms. The number of nitrogens with zero attached hydrogens (tertiary/aromatic N) is 3. The van der Waals surface area contributed by atoms with E-state index in [9.17, 15) is 9.59 Å². The normalized spacial score (nSPS) is 20.1. The first kappa shape index (κ1) is 18.7. The van der Waals surface area contributed by atoms with Crippen LogP contribution in [0.15, 0.2) is 36.5 Å². The second-order valence-corrected chi connectivity index (χ2v) is 7.74. The number of amides is 3. The number of urea groups is 1. The molecule has 3 N–H and O–H groups in total. The summed E-state index contributed by atoms with van der Waals surface area (Å²) in [7, 11) is 0. The fraction of sp³-hybridized carbons (Fsp3) is 0.476. The van der Waals surface area contributed by atoms with E-state index in [1.807, 2.05) is 30.3 Å². The van der Waals surface area contributed by atoms with Crippen LogP contribution in [0.3, 0.4) is 0 Å². The number of carbonyl (C=O) groups excluding carboxylic acids is 2. The summed E-state index contributed by atoms with van der Waals surface area (Å²) in [6.45, 7) is 2.51. The number of rotatable bonds is 3. The van der Waals surface area contributed by atoms with E-state index in [2.05, 4.69) is 15.2 Å². The van der Waals surface area contributed by atoms with Gasteiger partial charge < -0.3 is 16.0 Å². The van der Waals surface area contributed by atoms with Crippen molar-refractivity contribution < 1.29 is 9.59 Å². The van der Waals surface area contributed by atoms with Crippen LogP contribution in [-0.4, -0.2) is 58.4 Å². The Morgan fingerprint density at radius 2 is 1.71 bits per heavy atom. The first-order valence-corrected chi connectivity index (χ1v) is 10.0. The van der Waals surface area contributed by atoms with Gasteiger partial charge in [0, 0.05) is 37.8 Å². The molecule has 0 unspecified atom stereocenters. The van der Waals surface area contributed by atoms with Crippen molar-refractivity contribution in [2.24, 2.45) is 5.73 Å². The summed E-state index contributed by atoms with van der Waals surface area (Å²) in [5, 5.41) is 3.99. The van der Waals surface area contributed by atoms with Crippen LogP contribution < -0.4 is 11.1 Å². The van der Waals surface area contributed by atoms with E-state index in [1.165, 1.54) is 0 Å². The highest BCUT2D eigenvalue weighted by molar-refractivity contribution is 5.99. The summed E-state index contributed by atoms with van der Waals surface area (Å²) >= 11 is 0. The zero-order valence-corrected chi connectivity index (χ0v) is 16.1. The Labute approximate surface area is 164 Å². The molecule has 2 heterocycles.